The minimum absolute atomic E-state index is 0.105. The highest BCUT2D eigenvalue weighted by molar-refractivity contribution is 7.10. The Morgan fingerprint density at radius 1 is 1.03 bits per heavy atom. The third-order valence-corrected chi connectivity index (χ3v) is 9.01. The van der Waals surface area contributed by atoms with E-state index < -0.39 is 0 Å². The fraction of sp³-hybridized carbons (Fsp3) is 0.406. The predicted molar refractivity (Wildman–Crippen MR) is 161 cm³/mol. The number of rotatable bonds is 8. The second-order valence-electron chi connectivity index (χ2n) is 10.4. The molecule has 39 heavy (non-hydrogen) atoms. The highest BCUT2D eigenvalue weighted by atomic mass is 32.1. The van der Waals surface area contributed by atoms with Crippen LogP contribution in [0.5, 0.6) is 0 Å². The lowest BCUT2D eigenvalue weighted by atomic mass is 9.90. The largest absolute Gasteiger partial charge is 0.372 e. The number of nitrogens with one attached hydrogen (secondary N) is 1. The van der Waals surface area contributed by atoms with Crippen molar-refractivity contribution in [3.8, 4) is 11.3 Å². The van der Waals surface area contributed by atoms with Crippen molar-refractivity contribution < 1.29 is 9.59 Å². The number of likely N-dealkylation sites (tertiary alicyclic amines) is 1. The van der Waals surface area contributed by atoms with Crippen molar-refractivity contribution >= 4 is 34.5 Å². The van der Waals surface area contributed by atoms with E-state index in [0.717, 1.165) is 67.1 Å². The first-order valence-corrected chi connectivity index (χ1v) is 15.1. The lowest BCUT2D eigenvalue weighted by Gasteiger charge is -2.30. The molecule has 0 bridgehead atoms. The maximum absolute atomic E-state index is 12.8. The van der Waals surface area contributed by atoms with Crippen LogP contribution in [0.2, 0.25) is 0 Å². The van der Waals surface area contributed by atoms with Gasteiger partial charge in [-0.2, -0.15) is 0 Å². The van der Waals surface area contributed by atoms with Gasteiger partial charge < -0.3 is 15.1 Å². The summed E-state index contributed by atoms with van der Waals surface area (Å²) < 4.78 is 0. The first-order chi connectivity index (χ1) is 19.1. The Labute approximate surface area is 235 Å². The SMILES string of the molecule is CCN(CC)c1ccc(-c2csc(C3CCN(C(=O)C=CC(=O)Nc4cccc5c4CCCC5)CC3)n2)cc1. The van der Waals surface area contributed by atoms with Crippen molar-refractivity contribution in [2.45, 2.75) is 58.3 Å². The van der Waals surface area contributed by atoms with Gasteiger partial charge in [-0.25, -0.2) is 4.98 Å². The molecular weight excluding hydrogens is 504 g/mol. The Balaban J connectivity index is 1.12. The number of thiazole rings is 1. The van der Waals surface area contributed by atoms with Crippen molar-refractivity contribution in [1.29, 1.82) is 0 Å². The molecule has 0 unspecified atom stereocenters. The molecule has 1 aromatic heterocycles. The number of anilines is 2. The average Bonchev–Trinajstić information content (AvgIpc) is 3.48. The van der Waals surface area contributed by atoms with Gasteiger partial charge in [-0.15, -0.1) is 11.3 Å². The smallest absolute Gasteiger partial charge is 0.248 e. The molecule has 2 heterocycles. The van der Waals surface area contributed by atoms with Crippen molar-refractivity contribution in [1.82, 2.24) is 9.88 Å². The van der Waals surface area contributed by atoms with Crippen LogP contribution in [0.3, 0.4) is 0 Å². The van der Waals surface area contributed by atoms with E-state index in [9.17, 15) is 9.59 Å². The summed E-state index contributed by atoms with van der Waals surface area (Å²) >= 11 is 1.71. The zero-order valence-electron chi connectivity index (χ0n) is 23.0. The minimum Gasteiger partial charge on any atom is -0.372 e. The van der Waals surface area contributed by atoms with Gasteiger partial charge in [0.05, 0.1) is 10.7 Å². The highest BCUT2D eigenvalue weighted by Gasteiger charge is 2.25. The van der Waals surface area contributed by atoms with Crippen LogP contribution in [-0.2, 0) is 22.4 Å². The number of aromatic nitrogens is 1. The molecule has 0 radical (unpaired) electrons. The van der Waals surface area contributed by atoms with Gasteiger partial charge in [0, 0.05) is 66.6 Å². The summed E-state index contributed by atoms with van der Waals surface area (Å²) in [6.45, 7) is 7.69. The van der Waals surface area contributed by atoms with Gasteiger partial charge in [-0.1, -0.05) is 24.3 Å². The third kappa shape index (κ3) is 6.41. The fourth-order valence-corrected chi connectivity index (χ4v) is 6.71. The highest BCUT2D eigenvalue weighted by Crippen LogP contribution is 2.33. The Hall–Kier alpha value is -3.45. The van der Waals surface area contributed by atoms with Crippen LogP contribution < -0.4 is 10.2 Å². The molecule has 0 saturated carbocycles. The molecule has 1 aliphatic carbocycles. The average molecular weight is 543 g/mol. The predicted octanol–water partition coefficient (Wildman–Crippen LogP) is 6.44. The number of hydrogen-bond donors (Lipinski definition) is 1. The number of fused-ring (bicyclic) bond motifs is 1. The van der Waals surface area contributed by atoms with Crippen molar-refractivity contribution in [2.75, 3.05) is 36.4 Å². The number of aryl methyl sites for hydroxylation is 1. The lowest BCUT2D eigenvalue weighted by Crippen LogP contribution is -2.37. The summed E-state index contributed by atoms with van der Waals surface area (Å²) in [5.74, 6) is 0.00347. The van der Waals surface area contributed by atoms with Crippen LogP contribution >= 0.6 is 11.3 Å². The second kappa shape index (κ2) is 12.6. The van der Waals surface area contributed by atoms with Gasteiger partial charge in [0.15, 0.2) is 0 Å². The summed E-state index contributed by atoms with van der Waals surface area (Å²) in [5.41, 5.74) is 6.83. The number of carbonyl (C=O) groups excluding carboxylic acids is 2. The summed E-state index contributed by atoms with van der Waals surface area (Å²) in [4.78, 5) is 34.5. The normalized spacial score (nSPS) is 15.8. The molecule has 7 heteroatoms. The monoisotopic (exact) mass is 542 g/mol. The first-order valence-electron chi connectivity index (χ1n) is 14.2. The molecule has 1 aliphatic heterocycles. The van der Waals surface area contributed by atoms with E-state index in [1.807, 2.05) is 17.0 Å². The van der Waals surface area contributed by atoms with Crippen molar-refractivity contribution in [3.05, 3.63) is 76.1 Å². The quantitative estimate of drug-likeness (QED) is 0.333. The number of hydrogen-bond acceptors (Lipinski definition) is 5. The number of carbonyl (C=O) groups is 2. The third-order valence-electron chi connectivity index (χ3n) is 8.00. The molecule has 2 aliphatic rings. The molecule has 5 rings (SSSR count). The summed E-state index contributed by atoms with van der Waals surface area (Å²) in [6, 6.07) is 14.7. The van der Waals surface area contributed by atoms with Crippen LogP contribution in [0.25, 0.3) is 11.3 Å². The molecule has 0 atom stereocenters. The van der Waals surface area contributed by atoms with E-state index in [4.69, 9.17) is 4.98 Å². The maximum Gasteiger partial charge on any atom is 0.248 e. The maximum atomic E-state index is 12.8. The topological polar surface area (TPSA) is 65.5 Å². The Kier molecular flexibility index (Phi) is 8.77. The zero-order valence-corrected chi connectivity index (χ0v) is 23.8. The van der Waals surface area contributed by atoms with E-state index in [1.54, 1.807) is 11.3 Å². The number of benzene rings is 2. The van der Waals surface area contributed by atoms with Crippen LogP contribution in [0.15, 0.2) is 60.0 Å². The second-order valence-corrected chi connectivity index (χ2v) is 11.3. The fourth-order valence-electron chi connectivity index (χ4n) is 5.71. The molecule has 2 amide bonds. The van der Waals surface area contributed by atoms with Crippen LogP contribution in [0.4, 0.5) is 11.4 Å². The number of amides is 2. The van der Waals surface area contributed by atoms with E-state index in [0.29, 0.717) is 19.0 Å². The summed E-state index contributed by atoms with van der Waals surface area (Å²) in [6.07, 6.45) is 8.96. The van der Waals surface area contributed by atoms with Crippen molar-refractivity contribution in [3.63, 3.8) is 0 Å². The van der Waals surface area contributed by atoms with Gasteiger partial charge in [0.25, 0.3) is 0 Å². The molecule has 204 valence electrons. The summed E-state index contributed by atoms with van der Waals surface area (Å²) in [7, 11) is 0. The lowest BCUT2D eigenvalue weighted by molar-refractivity contribution is -0.127. The zero-order chi connectivity index (χ0) is 27.2. The Bertz CT molecular complexity index is 1320. The molecule has 6 nitrogen and oxygen atoms in total. The van der Waals surface area contributed by atoms with Gasteiger partial charge >= 0.3 is 0 Å². The Morgan fingerprint density at radius 2 is 1.77 bits per heavy atom. The van der Waals surface area contributed by atoms with E-state index in [1.165, 1.54) is 35.4 Å². The number of piperidine rings is 1. The van der Waals surface area contributed by atoms with E-state index in [-0.39, 0.29) is 11.8 Å². The first kappa shape index (κ1) is 27.1. The Morgan fingerprint density at radius 3 is 2.51 bits per heavy atom. The molecule has 1 fully saturated rings. The molecule has 0 spiro atoms. The molecule has 2 aromatic carbocycles. The van der Waals surface area contributed by atoms with Crippen LogP contribution in [-0.4, -0.2) is 47.9 Å². The van der Waals surface area contributed by atoms with E-state index in [2.05, 4.69) is 59.8 Å². The van der Waals surface area contributed by atoms with Gasteiger partial charge in [-0.3, -0.25) is 9.59 Å². The summed E-state index contributed by atoms with van der Waals surface area (Å²) in [5, 5.41) is 6.27. The molecule has 1 saturated heterocycles. The van der Waals surface area contributed by atoms with Gasteiger partial charge in [0.2, 0.25) is 11.8 Å². The van der Waals surface area contributed by atoms with Crippen molar-refractivity contribution in [2.24, 2.45) is 0 Å². The standard InChI is InChI=1S/C32H38N4O2S/c1-3-35(4-2)26-14-12-24(13-15-26)29-22-39-32(34-29)25-18-20-36(21-19-25)31(38)17-16-30(37)33-28-11-7-9-23-8-5-6-10-27(23)28/h7,9,11-17,22,25H,3-6,8,10,18-21H2,1-2H3,(H,33,37). The van der Waals surface area contributed by atoms with E-state index >= 15 is 0 Å². The molecule has 3 aromatic rings. The number of nitrogens with zero attached hydrogens (tertiary/aromatic N) is 3. The van der Waals surface area contributed by atoms with Crippen LogP contribution in [0, 0.1) is 0 Å². The minimum atomic E-state index is -0.252. The van der Waals surface area contributed by atoms with Crippen LogP contribution in [0.1, 0.15) is 61.6 Å². The van der Waals surface area contributed by atoms with Gasteiger partial charge in [0.1, 0.15) is 0 Å². The molecular formula is C32H38N4O2S. The van der Waals surface area contributed by atoms with Gasteiger partial charge in [-0.05, 0) is 81.7 Å². The molecule has 1 N–H and O–H groups in total.